The van der Waals surface area contributed by atoms with Crippen LogP contribution >= 0.6 is 0 Å². The normalized spacial score (nSPS) is 19.6. The average Bonchev–Trinajstić information content (AvgIpc) is 2.32. The second-order valence-corrected chi connectivity index (χ2v) is 3.88. The standard InChI is InChI=1S/C10H14NO/c1-10(2,3)11-9(12)8-6-4-5-7-8/h4-7H,1-3H3,(H,11,12). The van der Waals surface area contributed by atoms with E-state index in [1.165, 1.54) is 0 Å². The Hall–Kier alpha value is -0.530. The number of hydrogen-bond acceptors (Lipinski definition) is 1. The molecule has 65 valence electrons. The Kier molecular flexibility index (Phi) is 2.76. The van der Waals surface area contributed by atoms with Gasteiger partial charge in [0.2, 0.25) is 5.91 Å². The van der Waals surface area contributed by atoms with E-state index in [9.17, 15) is 4.79 Å². The number of carbonyl (C=O) groups excluding carboxylic acids is 1. The molecule has 0 heterocycles. The molecule has 0 aliphatic heterocycles. The lowest BCUT2D eigenvalue weighted by molar-refractivity contribution is -0.119. The molecule has 12 heavy (non-hydrogen) atoms. The van der Waals surface area contributed by atoms with E-state index >= 15 is 0 Å². The van der Waals surface area contributed by atoms with Gasteiger partial charge in [0.05, 0.1) is 5.92 Å². The molecule has 1 saturated carbocycles. The molecule has 1 aliphatic carbocycles. The molecule has 1 fully saturated rings. The Labute approximate surface area is 74.7 Å². The molecule has 1 rings (SSSR count). The summed E-state index contributed by atoms with van der Waals surface area (Å²) in [6, 6.07) is 0. The molecule has 2 heteroatoms. The van der Waals surface area contributed by atoms with E-state index in [1.807, 2.05) is 33.6 Å². The van der Waals surface area contributed by atoms with Crippen molar-refractivity contribution >= 4 is 5.91 Å². The van der Waals surface area contributed by atoms with E-state index in [0.717, 1.165) is 5.92 Å². The van der Waals surface area contributed by atoms with E-state index < -0.39 is 0 Å². The fourth-order valence-electron chi connectivity index (χ4n) is 0.938. The van der Waals surface area contributed by atoms with Crippen molar-refractivity contribution < 1.29 is 4.79 Å². The van der Waals surface area contributed by atoms with Gasteiger partial charge in [-0.15, -0.1) is 0 Å². The van der Waals surface area contributed by atoms with Gasteiger partial charge in [-0.3, -0.25) is 4.79 Å². The zero-order valence-electron chi connectivity index (χ0n) is 7.72. The van der Waals surface area contributed by atoms with E-state index in [-0.39, 0.29) is 11.4 Å². The van der Waals surface area contributed by atoms with Crippen molar-refractivity contribution in [1.29, 1.82) is 0 Å². The highest BCUT2D eigenvalue weighted by Gasteiger charge is 2.26. The molecule has 0 aromatic carbocycles. The van der Waals surface area contributed by atoms with Crippen molar-refractivity contribution in [2.75, 3.05) is 0 Å². The van der Waals surface area contributed by atoms with Crippen LogP contribution in [-0.4, -0.2) is 11.4 Å². The first-order valence-electron chi connectivity index (χ1n) is 4.03. The van der Waals surface area contributed by atoms with Crippen molar-refractivity contribution in [3.8, 4) is 0 Å². The number of carbonyl (C=O) groups is 1. The Morgan fingerprint density at radius 1 is 1.25 bits per heavy atom. The molecule has 1 amide bonds. The summed E-state index contributed by atoms with van der Waals surface area (Å²) in [5.41, 5.74) is -0.158. The molecule has 1 aliphatic rings. The van der Waals surface area contributed by atoms with Gasteiger partial charge in [0.15, 0.2) is 0 Å². The Morgan fingerprint density at radius 2 is 1.75 bits per heavy atom. The Morgan fingerprint density at radius 3 is 2.17 bits per heavy atom. The van der Waals surface area contributed by atoms with Crippen molar-refractivity contribution in [1.82, 2.24) is 5.32 Å². The average molecular weight is 164 g/mol. The topological polar surface area (TPSA) is 29.1 Å². The predicted octanol–water partition coefficient (Wildman–Crippen LogP) is 1.31. The Bertz CT molecular complexity index is 163. The van der Waals surface area contributed by atoms with Gasteiger partial charge < -0.3 is 5.32 Å². The second-order valence-electron chi connectivity index (χ2n) is 3.88. The fraction of sp³-hybridized carbons (Fsp3) is 0.400. The Balaban J connectivity index is 2.37. The summed E-state index contributed by atoms with van der Waals surface area (Å²) in [6.45, 7) is 5.90. The van der Waals surface area contributed by atoms with Crippen LogP contribution in [0.2, 0.25) is 0 Å². The first-order valence-corrected chi connectivity index (χ1v) is 4.03. The summed E-state index contributed by atoms with van der Waals surface area (Å²) in [5.74, 6) is 0.720. The molecule has 0 saturated heterocycles. The largest absolute Gasteiger partial charge is 0.351 e. The van der Waals surface area contributed by atoms with Crippen LogP contribution in [0.5, 0.6) is 0 Å². The molecule has 0 unspecified atom stereocenters. The van der Waals surface area contributed by atoms with Crippen LogP contribution in [0.3, 0.4) is 0 Å². The van der Waals surface area contributed by atoms with Crippen molar-refractivity contribution in [2.24, 2.45) is 0 Å². The van der Waals surface area contributed by atoms with Gasteiger partial charge in [-0.2, -0.15) is 0 Å². The van der Waals surface area contributed by atoms with Gasteiger partial charge in [-0.25, -0.2) is 0 Å². The van der Waals surface area contributed by atoms with Gasteiger partial charge in [-0.1, -0.05) is 0 Å². The van der Waals surface area contributed by atoms with E-state index in [1.54, 1.807) is 12.8 Å². The van der Waals surface area contributed by atoms with Gasteiger partial charge in [0.25, 0.3) is 0 Å². The highest BCUT2D eigenvalue weighted by atomic mass is 16.2. The van der Waals surface area contributed by atoms with Crippen molar-refractivity contribution in [3.05, 3.63) is 31.6 Å². The minimum absolute atomic E-state index is 0.00694. The minimum atomic E-state index is -0.158. The van der Waals surface area contributed by atoms with Crippen LogP contribution < -0.4 is 5.32 Å². The minimum Gasteiger partial charge on any atom is -0.351 e. The van der Waals surface area contributed by atoms with E-state index in [0.29, 0.717) is 0 Å². The lowest BCUT2D eigenvalue weighted by atomic mass is 10.0. The number of nitrogens with one attached hydrogen (secondary N) is 1. The third-order valence-electron chi connectivity index (χ3n) is 1.41. The molecule has 0 aromatic rings. The molecular weight excluding hydrogens is 150 g/mol. The van der Waals surface area contributed by atoms with E-state index in [2.05, 4.69) is 5.32 Å². The molecule has 0 atom stereocenters. The van der Waals surface area contributed by atoms with Gasteiger partial charge >= 0.3 is 0 Å². The summed E-state index contributed by atoms with van der Waals surface area (Å²) in [7, 11) is 0. The van der Waals surface area contributed by atoms with Crippen LogP contribution in [0.4, 0.5) is 0 Å². The van der Waals surface area contributed by atoms with E-state index in [4.69, 9.17) is 0 Å². The maximum atomic E-state index is 11.4. The first kappa shape index (κ1) is 9.56. The zero-order chi connectivity index (χ0) is 9.19. The molecule has 0 bridgehead atoms. The highest BCUT2D eigenvalue weighted by Crippen LogP contribution is 2.23. The number of hydrogen-bond donors (Lipinski definition) is 1. The molecule has 1 N–H and O–H groups in total. The van der Waals surface area contributed by atoms with Gasteiger partial charge in [-0.05, 0) is 46.5 Å². The highest BCUT2D eigenvalue weighted by molar-refractivity contribution is 5.96. The summed E-state index contributed by atoms with van der Waals surface area (Å²) < 4.78 is 0. The number of rotatable bonds is 1. The zero-order valence-corrected chi connectivity index (χ0v) is 7.72. The quantitative estimate of drug-likeness (QED) is 0.622. The monoisotopic (exact) mass is 164 g/mol. The van der Waals surface area contributed by atoms with Crippen molar-refractivity contribution in [3.63, 3.8) is 0 Å². The summed E-state index contributed by atoms with van der Waals surface area (Å²) >= 11 is 0. The summed E-state index contributed by atoms with van der Waals surface area (Å²) in [6.07, 6.45) is 7.33. The van der Waals surface area contributed by atoms with Crippen LogP contribution in [0.25, 0.3) is 0 Å². The van der Waals surface area contributed by atoms with Crippen LogP contribution in [0.1, 0.15) is 20.8 Å². The fourth-order valence-corrected chi connectivity index (χ4v) is 0.938. The second kappa shape index (κ2) is 3.46. The van der Waals surface area contributed by atoms with Gasteiger partial charge in [0.1, 0.15) is 0 Å². The lowest BCUT2D eigenvalue weighted by Gasteiger charge is -2.22. The SMILES string of the molecule is CC(C)(C)NC(=O)[C]1[CH][CH][CH][CH]1. The van der Waals surface area contributed by atoms with Crippen LogP contribution in [0, 0.1) is 31.6 Å². The molecule has 5 radical (unpaired) electrons. The maximum absolute atomic E-state index is 11.4. The predicted molar refractivity (Wildman–Crippen MR) is 48.3 cm³/mol. The lowest BCUT2D eigenvalue weighted by Crippen LogP contribution is -2.42. The third kappa shape index (κ3) is 2.84. The smallest absolute Gasteiger partial charge is 0.228 e. The van der Waals surface area contributed by atoms with Crippen LogP contribution in [0.15, 0.2) is 0 Å². The summed E-state index contributed by atoms with van der Waals surface area (Å²) in [5, 5.41) is 2.88. The first-order chi connectivity index (χ1) is 5.49. The van der Waals surface area contributed by atoms with Gasteiger partial charge in [0, 0.05) is 5.54 Å². The molecule has 2 nitrogen and oxygen atoms in total. The summed E-state index contributed by atoms with van der Waals surface area (Å²) in [4.78, 5) is 11.4. The van der Waals surface area contributed by atoms with Crippen LogP contribution in [-0.2, 0) is 4.79 Å². The number of amides is 1. The molecular formula is C10H14NO. The molecule has 0 spiro atoms. The van der Waals surface area contributed by atoms with Crippen molar-refractivity contribution in [2.45, 2.75) is 26.3 Å². The third-order valence-corrected chi connectivity index (χ3v) is 1.41. The maximum Gasteiger partial charge on any atom is 0.228 e. The molecule has 0 aromatic heterocycles.